The van der Waals surface area contributed by atoms with Crippen LogP contribution in [0.4, 0.5) is 47.3 Å². The number of carbonyl (C=O) groups excluding carboxylic acids is 2. The zero-order chi connectivity index (χ0) is 42.3. The molecule has 58 heavy (non-hydrogen) atoms. The van der Waals surface area contributed by atoms with Crippen molar-refractivity contribution in [2.45, 2.75) is 72.2 Å². The van der Waals surface area contributed by atoms with Gasteiger partial charge in [0.2, 0.25) is 20.0 Å². The molecule has 6 aliphatic heterocycles. The molecule has 6 fully saturated rings. The van der Waals surface area contributed by atoms with Crippen LogP contribution in [0, 0.1) is 34.5 Å². The Balaban J connectivity index is 0.000000177. The topological polar surface area (TPSA) is 217 Å². The Morgan fingerprint density at radius 2 is 1.07 bits per heavy atom. The number of ether oxygens (including phenoxy) is 4. The van der Waals surface area contributed by atoms with E-state index in [1.165, 1.54) is 38.5 Å². The molecule has 0 unspecified atom stereocenters. The van der Waals surface area contributed by atoms with E-state index in [-0.39, 0.29) is 24.5 Å². The van der Waals surface area contributed by atoms with Crippen LogP contribution in [0.5, 0.6) is 0 Å². The molecule has 8 rings (SSSR count). The van der Waals surface area contributed by atoms with Crippen molar-refractivity contribution in [2.24, 2.45) is 11.8 Å². The summed E-state index contributed by atoms with van der Waals surface area (Å²) in [5.74, 6) is -0.851. The molecule has 2 aromatic rings. The summed E-state index contributed by atoms with van der Waals surface area (Å²) in [6, 6.07) is 7.52. The summed E-state index contributed by atoms with van der Waals surface area (Å²) in [5, 5.41) is 21.0. The first-order valence-electron chi connectivity index (χ1n) is 17.4. The molecule has 312 valence electrons. The van der Waals surface area contributed by atoms with Gasteiger partial charge in [-0.3, -0.25) is 8.61 Å². The smallest absolute Gasteiger partial charge is 0.417 e. The lowest BCUT2D eigenvalue weighted by molar-refractivity contribution is -0.138. The van der Waals surface area contributed by atoms with E-state index in [0.717, 1.165) is 20.7 Å². The second-order valence-corrected chi connectivity index (χ2v) is 18.4. The maximum Gasteiger partial charge on any atom is 0.417 e. The van der Waals surface area contributed by atoms with Crippen molar-refractivity contribution in [3.05, 3.63) is 58.7 Å². The van der Waals surface area contributed by atoms with Gasteiger partial charge in [0.25, 0.3) is 0 Å². The number of rotatable bonds is 4. The molecule has 2 aromatic carbocycles. The van der Waals surface area contributed by atoms with Crippen LogP contribution in [0.25, 0.3) is 0 Å². The summed E-state index contributed by atoms with van der Waals surface area (Å²) in [5.41, 5.74) is -3.83. The first kappa shape index (κ1) is 41.1. The highest BCUT2D eigenvalue weighted by Crippen LogP contribution is 2.51. The Labute approximate surface area is 326 Å². The van der Waals surface area contributed by atoms with Crippen LogP contribution in [0.3, 0.4) is 0 Å². The molecular weight excluding hydrogens is 831 g/mol. The van der Waals surface area contributed by atoms with E-state index in [4.69, 9.17) is 20.0 Å². The van der Waals surface area contributed by atoms with E-state index in [2.05, 4.69) is 20.1 Å². The minimum atomic E-state index is -4.79. The molecular formula is C34H32F6N6O10S2. The predicted molar refractivity (Wildman–Crippen MR) is 185 cm³/mol. The number of nitrogens with one attached hydrogen (secondary N) is 2. The highest BCUT2D eigenvalue weighted by atomic mass is 32.2. The van der Waals surface area contributed by atoms with Gasteiger partial charge < -0.3 is 29.6 Å². The number of alkyl carbamates (subject to hydrolysis) is 2. The number of hydrogen-bond acceptors (Lipinski definition) is 12. The number of anilines is 2. The fraction of sp³-hybridized carbons (Fsp3) is 0.529. The molecule has 16 nitrogen and oxygen atoms in total. The average molecular weight is 863 g/mol. The van der Waals surface area contributed by atoms with Crippen LogP contribution in [0.1, 0.15) is 35.1 Å². The molecule has 0 aromatic heterocycles. The van der Waals surface area contributed by atoms with E-state index >= 15 is 0 Å². The van der Waals surface area contributed by atoms with Gasteiger partial charge in [-0.15, -0.1) is 0 Å². The van der Waals surface area contributed by atoms with Gasteiger partial charge in [0.15, 0.2) is 0 Å². The van der Waals surface area contributed by atoms with Crippen LogP contribution in [0.2, 0.25) is 0 Å². The standard InChI is InChI=1S/2C17H16F3N3O5S/c2*1-27-16(24)22-12-5-13-10-7-23(29(25,26)15(10)14(12)28-13)9-3-2-8(6-21)11(4-9)17(18,19)20/h2*2-4,10,12-15H,5,7H2,1H3,(H,22,24)/t2*10-,12-,13-,14+,15-/m10/s1. The van der Waals surface area contributed by atoms with Crippen molar-refractivity contribution in [3.63, 3.8) is 0 Å². The third-order valence-corrected chi connectivity index (χ3v) is 15.9. The van der Waals surface area contributed by atoms with Gasteiger partial charge in [-0.1, -0.05) is 0 Å². The molecule has 0 aliphatic carbocycles. The number of nitrogens with zero attached hydrogens (tertiary/aromatic N) is 4. The van der Waals surface area contributed by atoms with Gasteiger partial charge in [0.1, 0.15) is 10.5 Å². The predicted octanol–water partition coefficient (Wildman–Crippen LogP) is 3.21. The van der Waals surface area contributed by atoms with Gasteiger partial charge in [-0.25, -0.2) is 26.4 Å². The van der Waals surface area contributed by atoms with Gasteiger partial charge in [0.05, 0.1) is 96.5 Å². The lowest BCUT2D eigenvalue weighted by Crippen LogP contribution is -2.50. The van der Waals surface area contributed by atoms with Crippen LogP contribution in [-0.2, 0) is 51.3 Å². The number of fused-ring (bicyclic) bond motifs is 10. The lowest BCUT2D eigenvalue weighted by atomic mass is 9.85. The SMILES string of the molecule is COC(=O)N[C@@H]1C[C@H]2O[C@@H]1[C@H]1[C@@H]2CN(c2ccc(C#N)c(C(F)(F)F)c2)S1(=O)=O.COC(=O)N[C@H]1C[C@@H]2O[C@H]1[C@@H]1[C@H]2CN(c2ccc(C#N)c(C(F)(F)F)c2)S1(=O)=O. The van der Waals surface area contributed by atoms with E-state index < -0.39 is 126 Å². The number of hydrogen-bond donors (Lipinski definition) is 2. The summed E-state index contributed by atoms with van der Waals surface area (Å²) in [6.07, 6.45) is -12.7. The molecule has 2 amide bonds. The second kappa shape index (κ2) is 14.4. The number of alkyl halides is 6. The Morgan fingerprint density at radius 1 is 0.707 bits per heavy atom. The van der Waals surface area contributed by atoms with Crippen molar-refractivity contribution in [1.29, 1.82) is 10.5 Å². The van der Waals surface area contributed by atoms with Crippen LogP contribution >= 0.6 is 0 Å². The largest absolute Gasteiger partial charge is 0.453 e. The number of methoxy groups -OCH3 is 2. The number of halogens is 6. The molecule has 6 aliphatic rings. The Bertz CT molecular complexity index is 2170. The first-order chi connectivity index (χ1) is 27.1. The highest BCUT2D eigenvalue weighted by Gasteiger charge is 2.66. The third kappa shape index (κ3) is 6.78. The summed E-state index contributed by atoms with van der Waals surface area (Å²) < 4.78 is 155. The Morgan fingerprint density at radius 3 is 1.38 bits per heavy atom. The first-order valence-corrected chi connectivity index (χ1v) is 20.4. The molecule has 0 saturated carbocycles. The Kier molecular flexibility index (Phi) is 10.2. The number of amides is 2. The van der Waals surface area contributed by atoms with E-state index in [1.807, 2.05) is 0 Å². The fourth-order valence-electron chi connectivity index (χ4n) is 8.90. The molecule has 6 heterocycles. The van der Waals surface area contributed by atoms with E-state index in [0.29, 0.717) is 25.0 Å². The molecule has 24 heteroatoms. The summed E-state index contributed by atoms with van der Waals surface area (Å²) >= 11 is 0. The highest BCUT2D eigenvalue weighted by molar-refractivity contribution is 7.94. The van der Waals surface area contributed by atoms with Gasteiger partial charge in [0, 0.05) is 24.9 Å². The van der Waals surface area contributed by atoms with Crippen LogP contribution in [-0.4, -0.2) is 103 Å². The number of nitriles is 2. The van der Waals surface area contributed by atoms with Crippen molar-refractivity contribution < 1.29 is 71.7 Å². The minimum Gasteiger partial charge on any atom is -0.453 e. The van der Waals surface area contributed by atoms with Crippen molar-refractivity contribution in [3.8, 4) is 12.1 Å². The minimum absolute atomic E-state index is 0.0255. The van der Waals surface area contributed by atoms with Crippen molar-refractivity contribution >= 4 is 43.6 Å². The maximum absolute atomic E-state index is 13.3. The molecule has 0 radical (unpaired) electrons. The lowest BCUT2D eigenvalue weighted by Gasteiger charge is -2.26. The second-order valence-electron chi connectivity index (χ2n) is 14.3. The molecule has 0 spiro atoms. The van der Waals surface area contributed by atoms with Crippen LogP contribution in [0.15, 0.2) is 36.4 Å². The number of sulfonamides is 2. The quantitative estimate of drug-likeness (QED) is 0.424. The zero-order valence-electron chi connectivity index (χ0n) is 30.0. The third-order valence-electron chi connectivity index (χ3n) is 11.3. The summed E-state index contributed by atoms with van der Waals surface area (Å²) in [7, 11) is -5.71. The van der Waals surface area contributed by atoms with Crippen molar-refractivity contribution in [2.75, 3.05) is 35.9 Å². The zero-order valence-corrected chi connectivity index (χ0v) is 31.7. The molecule has 2 N–H and O–H groups in total. The van der Waals surface area contributed by atoms with E-state index in [1.54, 1.807) is 0 Å². The average Bonchev–Trinajstić information content (AvgIpc) is 4.01. The molecule has 10 atom stereocenters. The fourth-order valence-corrected chi connectivity index (χ4v) is 13.7. The summed E-state index contributed by atoms with van der Waals surface area (Å²) in [6.45, 7) is -0.0510. The normalized spacial score (nSPS) is 32.0. The van der Waals surface area contributed by atoms with E-state index in [9.17, 15) is 52.8 Å². The van der Waals surface area contributed by atoms with Crippen LogP contribution < -0.4 is 19.2 Å². The van der Waals surface area contributed by atoms with Crippen molar-refractivity contribution in [1.82, 2.24) is 10.6 Å². The monoisotopic (exact) mass is 862 g/mol. The Hall–Kier alpha value is -5.04. The van der Waals surface area contributed by atoms with Gasteiger partial charge >= 0.3 is 24.5 Å². The number of benzene rings is 2. The molecule has 4 bridgehead atoms. The number of carbonyl (C=O) groups is 2. The van der Waals surface area contributed by atoms with Gasteiger partial charge in [-0.05, 0) is 49.2 Å². The maximum atomic E-state index is 13.3. The van der Waals surface area contributed by atoms with Gasteiger partial charge in [-0.2, -0.15) is 36.9 Å². The molecule has 6 saturated heterocycles. The summed E-state index contributed by atoms with van der Waals surface area (Å²) in [4.78, 5) is 23.0.